The summed E-state index contributed by atoms with van der Waals surface area (Å²) in [5.41, 5.74) is 1.93. The second-order valence-electron chi connectivity index (χ2n) is 7.13. The predicted molar refractivity (Wildman–Crippen MR) is 111 cm³/mol. The van der Waals surface area contributed by atoms with Crippen molar-refractivity contribution in [3.8, 4) is 0 Å². The predicted octanol–water partition coefficient (Wildman–Crippen LogP) is 3.67. The van der Waals surface area contributed by atoms with Crippen LogP contribution in [0.2, 0.25) is 0 Å². The summed E-state index contributed by atoms with van der Waals surface area (Å²) in [6.07, 6.45) is 2.25. The molecule has 0 bridgehead atoms. The van der Waals surface area contributed by atoms with Crippen molar-refractivity contribution in [2.45, 2.75) is 19.5 Å². The molecule has 5 nitrogen and oxygen atoms in total. The molecule has 1 fully saturated rings. The van der Waals surface area contributed by atoms with Crippen LogP contribution in [0, 0.1) is 5.92 Å². The largest absolute Gasteiger partial charge is 0.353 e. The van der Waals surface area contributed by atoms with E-state index in [2.05, 4.69) is 0 Å². The number of aromatic nitrogens is 1. The normalized spacial score (nSPS) is 16.5. The highest BCUT2D eigenvalue weighted by atomic mass is 32.1. The SMILES string of the molecule is Cn1cccc1CN(Cc1cccs1)C(=O)C1CC(=O)N(c2ccccc2)C1. The number of rotatable bonds is 6. The summed E-state index contributed by atoms with van der Waals surface area (Å²) in [5.74, 6) is -0.256. The maximum atomic E-state index is 13.4. The van der Waals surface area contributed by atoms with Crippen LogP contribution < -0.4 is 4.90 Å². The molecule has 2 aromatic heterocycles. The number of hydrogen-bond acceptors (Lipinski definition) is 3. The van der Waals surface area contributed by atoms with Gasteiger partial charge in [-0.3, -0.25) is 9.59 Å². The van der Waals surface area contributed by atoms with Gasteiger partial charge in [0, 0.05) is 42.5 Å². The Morgan fingerprint density at radius 2 is 1.93 bits per heavy atom. The Balaban J connectivity index is 1.53. The van der Waals surface area contributed by atoms with Crippen LogP contribution >= 0.6 is 11.3 Å². The smallest absolute Gasteiger partial charge is 0.228 e. The lowest BCUT2D eigenvalue weighted by Gasteiger charge is -2.25. The van der Waals surface area contributed by atoms with E-state index in [1.54, 1.807) is 16.2 Å². The summed E-state index contributed by atoms with van der Waals surface area (Å²) < 4.78 is 2.03. The van der Waals surface area contributed by atoms with Crippen molar-refractivity contribution in [3.63, 3.8) is 0 Å². The van der Waals surface area contributed by atoms with Crippen LogP contribution in [0.1, 0.15) is 17.0 Å². The number of anilines is 1. The van der Waals surface area contributed by atoms with Crippen molar-refractivity contribution in [1.29, 1.82) is 0 Å². The van der Waals surface area contributed by atoms with Gasteiger partial charge in [-0.1, -0.05) is 24.3 Å². The van der Waals surface area contributed by atoms with Crippen molar-refractivity contribution in [2.24, 2.45) is 13.0 Å². The lowest BCUT2D eigenvalue weighted by atomic mass is 10.1. The second kappa shape index (κ2) is 8.02. The maximum Gasteiger partial charge on any atom is 0.228 e. The van der Waals surface area contributed by atoms with Gasteiger partial charge in [-0.25, -0.2) is 0 Å². The molecule has 2 amide bonds. The third-order valence-corrected chi connectivity index (χ3v) is 6.05. The molecule has 3 heterocycles. The van der Waals surface area contributed by atoms with Crippen LogP contribution in [0.4, 0.5) is 5.69 Å². The van der Waals surface area contributed by atoms with E-state index in [1.165, 1.54) is 0 Å². The lowest BCUT2D eigenvalue weighted by Crippen LogP contribution is -2.37. The molecular formula is C22H23N3O2S. The number of thiophene rings is 1. The first-order valence-electron chi connectivity index (χ1n) is 9.38. The molecule has 144 valence electrons. The fourth-order valence-electron chi connectivity index (χ4n) is 3.65. The Kier molecular flexibility index (Phi) is 5.30. The van der Waals surface area contributed by atoms with E-state index in [0.717, 1.165) is 16.3 Å². The summed E-state index contributed by atoms with van der Waals surface area (Å²) in [5, 5.41) is 2.02. The summed E-state index contributed by atoms with van der Waals surface area (Å²) in [7, 11) is 1.99. The van der Waals surface area contributed by atoms with Gasteiger partial charge in [0.05, 0.1) is 19.0 Å². The number of carbonyl (C=O) groups is 2. The quantitative estimate of drug-likeness (QED) is 0.641. The van der Waals surface area contributed by atoms with Crippen LogP contribution in [-0.2, 0) is 29.7 Å². The first-order valence-corrected chi connectivity index (χ1v) is 10.3. The first kappa shape index (κ1) is 18.5. The summed E-state index contributed by atoms with van der Waals surface area (Å²) in [4.78, 5) is 30.7. The number of aryl methyl sites for hydroxylation is 1. The first-order chi connectivity index (χ1) is 13.6. The van der Waals surface area contributed by atoms with Crippen LogP contribution in [0.3, 0.4) is 0 Å². The Hall–Kier alpha value is -2.86. The fraction of sp³-hybridized carbons (Fsp3) is 0.273. The van der Waals surface area contributed by atoms with Gasteiger partial charge in [0.1, 0.15) is 0 Å². The number of carbonyl (C=O) groups excluding carboxylic acids is 2. The maximum absolute atomic E-state index is 13.4. The van der Waals surface area contributed by atoms with Gasteiger partial charge in [-0.15, -0.1) is 11.3 Å². The van der Waals surface area contributed by atoms with Crippen LogP contribution in [-0.4, -0.2) is 27.8 Å². The van der Waals surface area contributed by atoms with Gasteiger partial charge < -0.3 is 14.4 Å². The molecule has 0 radical (unpaired) electrons. The summed E-state index contributed by atoms with van der Waals surface area (Å²) >= 11 is 1.65. The van der Waals surface area contributed by atoms with Crippen LogP contribution in [0.5, 0.6) is 0 Å². The van der Waals surface area contributed by atoms with Gasteiger partial charge in [0.25, 0.3) is 0 Å². The minimum atomic E-state index is -0.312. The average molecular weight is 394 g/mol. The van der Waals surface area contributed by atoms with E-state index in [0.29, 0.717) is 19.6 Å². The van der Waals surface area contributed by atoms with Crippen molar-refractivity contribution in [3.05, 3.63) is 76.7 Å². The number of nitrogens with zero attached hydrogens (tertiary/aromatic N) is 3. The number of hydrogen-bond donors (Lipinski definition) is 0. The Morgan fingerprint density at radius 3 is 2.61 bits per heavy atom. The number of benzene rings is 1. The molecule has 0 saturated carbocycles. The topological polar surface area (TPSA) is 45.6 Å². The van der Waals surface area contributed by atoms with Crippen molar-refractivity contribution in [2.75, 3.05) is 11.4 Å². The van der Waals surface area contributed by atoms with Gasteiger partial charge >= 0.3 is 0 Å². The third kappa shape index (κ3) is 3.87. The molecule has 3 aromatic rings. The molecule has 0 spiro atoms. The Labute approximate surface area is 168 Å². The molecule has 4 rings (SSSR count). The molecule has 0 aliphatic carbocycles. The highest BCUT2D eigenvalue weighted by Crippen LogP contribution is 2.27. The zero-order chi connectivity index (χ0) is 19.5. The number of para-hydroxylation sites is 1. The zero-order valence-corrected chi connectivity index (χ0v) is 16.6. The molecule has 1 aliphatic heterocycles. The zero-order valence-electron chi connectivity index (χ0n) is 15.8. The highest BCUT2D eigenvalue weighted by Gasteiger charge is 2.37. The Bertz CT molecular complexity index is 949. The Morgan fingerprint density at radius 1 is 1.11 bits per heavy atom. The van der Waals surface area contributed by atoms with Gasteiger partial charge in [-0.05, 0) is 35.7 Å². The van der Waals surface area contributed by atoms with E-state index in [-0.39, 0.29) is 24.2 Å². The monoisotopic (exact) mass is 393 g/mol. The summed E-state index contributed by atoms with van der Waals surface area (Å²) in [6.45, 7) is 1.55. The molecule has 6 heteroatoms. The fourth-order valence-corrected chi connectivity index (χ4v) is 4.37. The molecule has 1 aromatic carbocycles. The van der Waals surface area contributed by atoms with Gasteiger partial charge in [-0.2, -0.15) is 0 Å². The summed E-state index contributed by atoms with van der Waals surface area (Å²) in [6, 6.07) is 17.6. The second-order valence-corrected chi connectivity index (χ2v) is 8.16. The van der Waals surface area contributed by atoms with E-state index in [4.69, 9.17) is 0 Å². The van der Waals surface area contributed by atoms with Crippen molar-refractivity contribution in [1.82, 2.24) is 9.47 Å². The molecule has 1 saturated heterocycles. The minimum absolute atomic E-state index is 0.0134. The van der Waals surface area contributed by atoms with E-state index in [1.807, 2.05) is 82.7 Å². The van der Waals surface area contributed by atoms with Gasteiger partial charge in [0.2, 0.25) is 11.8 Å². The minimum Gasteiger partial charge on any atom is -0.353 e. The molecule has 1 unspecified atom stereocenters. The molecule has 1 atom stereocenters. The third-order valence-electron chi connectivity index (χ3n) is 5.18. The van der Waals surface area contributed by atoms with Crippen LogP contribution in [0.25, 0.3) is 0 Å². The molecule has 0 N–H and O–H groups in total. The average Bonchev–Trinajstić information content (AvgIpc) is 3.44. The standard InChI is InChI=1S/C22H23N3O2S/c1-23-11-5-9-19(23)15-24(16-20-10-6-12-28-20)22(27)17-13-21(26)25(14-17)18-7-3-2-4-8-18/h2-12,17H,13-16H2,1H3. The van der Waals surface area contributed by atoms with Gasteiger partial charge in [0.15, 0.2) is 0 Å². The molecular weight excluding hydrogens is 370 g/mol. The van der Waals surface area contributed by atoms with Crippen molar-refractivity contribution < 1.29 is 9.59 Å². The highest BCUT2D eigenvalue weighted by molar-refractivity contribution is 7.09. The van der Waals surface area contributed by atoms with E-state index in [9.17, 15) is 9.59 Å². The molecule has 1 aliphatic rings. The van der Waals surface area contributed by atoms with Crippen molar-refractivity contribution >= 4 is 28.8 Å². The van der Waals surface area contributed by atoms with Crippen LogP contribution in [0.15, 0.2) is 66.2 Å². The number of amides is 2. The lowest BCUT2D eigenvalue weighted by molar-refractivity contribution is -0.137. The van der Waals surface area contributed by atoms with E-state index >= 15 is 0 Å². The van der Waals surface area contributed by atoms with E-state index < -0.39 is 0 Å². The molecule has 28 heavy (non-hydrogen) atoms.